The maximum absolute atomic E-state index is 6.58. The van der Waals surface area contributed by atoms with E-state index in [-0.39, 0.29) is 0 Å². The lowest BCUT2D eigenvalue weighted by Gasteiger charge is -2.50. The topological polar surface area (TPSA) is 32.5 Å². The zero-order valence-electron chi connectivity index (χ0n) is 11.4. The maximum atomic E-state index is 6.58. The monoisotopic (exact) mass is 249 g/mol. The molecule has 0 radical (unpaired) electrons. The minimum atomic E-state index is 0.428. The van der Waals surface area contributed by atoms with Crippen molar-refractivity contribution in [3.05, 3.63) is 0 Å². The normalized spacial score (nSPS) is 51.8. The van der Waals surface area contributed by atoms with Gasteiger partial charge in [-0.2, -0.15) is 0 Å². The van der Waals surface area contributed by atoms with Gasteiger partial charge in [0, 0.05) is 44.8 Å². The zero-order chi connectivity index (χ0) is 12.1. The van der Waals surface area contributed by atoms with E-state index < -0.39 is 0 Å². The molecule has 3 saturated heterocycles. The number of nitrogens with zero attached hydrogens (tertiary/aromatic N) is 2. The van der Waals surface area contributed by atoms with Crippen LogP contribution in [-0.4, -0.2) is 54.6 Å². The third-order valence-electron chi connectivity index (χ3n) is 6.27. The third-order valence-corrected chi connectivity index (χ3v) is 6.27. The molecular weight excluding hydrogens is 222 g/mol. The summed E-state index contributed by atoms with van der Waals surface area (Å²) in [7, 11) is 0. The van der Waals surface area contributed by atoms with Crippen LogP contribution in [0.25, 0.3) is 0 Å². The van der Waals surface area contributed by atoms with E-state index in [4.69, 9.17) is 5.73 Å². The van der Waals surface area contributed by atoms with Gasteiger partial charge in [0.1, 0.15) is 0 Å². The molecule has 3 heteroatoms. The SMILES string of the molecule is NC(CC1CC2CCC1C2)C1CN2CCN1CC2. The fraction of sp³-hybridized carbons (Fsp3) is 1.00. The number of rotatable bonds is 3. The van der Waals surface area contributed by atoms with E-state index in [2.05, 4.69) is 9.80 Å². The van der Waals surface area contributed by atoms with Crippen LogP contribution in [0.15, 0.2) is 0 Å². The summed E-state index contributed by atoms with van der Waals surface area (Å²) in [5, 5.41) is 0. The lowest BCUT2D eigenvalue weighted by atomic mass is 9.82. The van der Waals surface area contributed by atoms with Crippen molar-refractivity contribution in [1.29, 1.82) is 0 Å². The van der Waals surface area contributed by atoms with E-state index in [1.54, 1.807) is 0 Å². The summed E-state index contributed by atoms with van der Waals surface area (Å²) < 4.78 is 0. The Kier molecular flexibility index (Phi) is 2.90. The second-order valence-corrected chi connectivity index (χ2v) is 7.24. The molecule has 0 aromatic rings. The van der Waals surface area contributed by atoms with E-state index in [1.165, 1.54) is 64.8 Å². The molecule has 2 aliphatic carbocycles. The van der Waals surface area contributed by atoms with E-state index in [1.807, 2.05) is 0 Å². The number of fused-ring (bicyclic) bond motifs is 5. The van der Waals surface area contributed by atoms with Crippen molar-refractivity contribution in [1.82, 2.24) is 9.80 Å². The third kappa shape index (κ3) is 1.91. The lowest BCUT2D eigenvalue weighted by molar-refractivity contribution is -0.00191. The van der Waals surface area contributed by atoms with Crippen molar-refractivity contribution >= 4 is 0 Å². The molecule has 5 rings (SSSR count). The molecule has 0 amide bonds. The Morgan fingerprint density at radius 1 is 1.06 bits per heavy atom. The van der Waals surface area contributed by atoms with Crippen molar-refractivity contribution in [2.75, 3.05) is 32.7 Å². The largest absolute Gasteiger partial charge is 0.326 e. The number of hydrogen-bond acceptors (Lipinski definition) is 3. The van der Waals surface area contributed by atoms with Gasteiger partial charge in [-0.15, -0.1) is 0 Å². The van der Waals surface area contributed by atoms with Gasteiger partial charge in [0.15, 0.2) is 0 Å². The first-order valence-corrected chi connectivity index (χ1v) is 8.01. The molecule has 2 saturated carbocycles. The Hall–Kier alpha value is -0.120. The molecule has 5 fully saturated rings. The van der Waals surface area contributed by atoms with Crippen LogP contribution < -0.4 is 5.73 Å². The molecule has 4 bridgehead atoms. The average Bonchev–Trinajstić information content (AvgIpc) is 3.02. The number of piperazine rings is 3. The van der Waals surface area contributed by atoms with E-state index in [0.717, 1.165) is 17.8 Å². The highest BCUT2D eigenvalue weighted by atomic mass is 15.3. The Labute approximate surface area is 111 Å². The average molecular weight is 249 g/mol. The predicted octanol–water partition coefficient (Wildman–Crippen LogP) is 1.14. The second-order valence-electron chi connectivity index (χ2n) is 7.24. The highest BCUT2D eigenvalue weighted by molar-refractivity contribution is 4.97. The molecule has 3 nitrogen and oxygen atoms in total. The Balaban J connectivity index is 1.37. The van der Waals surface area contributed by atoms with Crippen LogP contribution in [0.4, 0.5) is 0 Å². The van der Waals surface area contributed by atoms with Gasteiger partial charge < -0.3 is 5.73 Å². The fourth-order valence-corrected chi connectivity index (χ4v) is 5.24. The molecule has 3 aliphatic heterocycles. The van der Waals surface area contributed by atoms with Gasteiger partial charge in [-0.05, 0) is 43.4 Å². The van der Waals surface area contributed by atoms with Crippen LogP contribution in [0.3, 0.4) is 0 Å². The molecule has 0 aromatic heterocycles. The molecule has 3 heterocycles. The molecule has 5 atom stereocenters. The van der Waals surface area contributed by atoms with Crippen molar-refractivity contribution in [2.24, 2.45) is 23.5 Å². The van der Waals surface area contributed by atoms with Gasteiger partial charge in [-0.3, -0.25) is 9.80 Å². The molecule has 5 aliphatic rings. The van der Waals surface area contributed by atoms with Gasteiger partial charge in [0.25, 0.3) is 0 Å². The minimum absolute atomic E-state index is 0.428. The molecule has 0 aromatic carbocycles. The standard InChI is InChI=1S/C15H27N3/c16-14(9-13-8-11-1-2-12(13)7-11)15-10-17-3-5-18(15)6-4-17/h11-15H,1-10,16H2. The van der Waals surface area contributed by atoms with Crippen LogP contribution in [0.5, 0.6) is 0 Å². The number of nitrogens with two attached hydrogens (primary N) is 1. The predicted molar refractivity (Wildman–Crippen MR) is 73.3 cm³/mol. The van der Waals surface area contributed by atoms with Gasteiger partial charge in [-0.25, -0.2) is 0 Å². The summed E-state index contributed by atoms with van der Waals surface area (Å²) in [5.74, 6) is 3.08. The molecule has 102 valence electrons. The molecular formula is C15H27N3. The van der Waals surface area contributed by atoms with E-state index in [0.29, 0.717) is 12.1 Å². The van der Waals surface area contributed by atoms with Crippen LogP contribution in [0.2, 0.25) is 0 Å². The van der Waals surface area contributed by atoms with Crippen LogP contribution >= 0.6 is 0 Å². The molecule has 0 spiro atoms. The zero-order valence-corrected chi connectivity index (χ0v) is 11.4. The summed E-state index contributed by atoms with van der Waals surface area (Å²) in [4.78, 5) is 5.28. The molecule has 5 unspecified atom stereocenters. The Morgan fingerprint density at radius 3 is 2.44 bits per heavy atom. The molecule has 2 N–H and O–H groups in total. The maximum Gasteiger partial charge on any atom is 0.0375 e. The van der Waals surface area contributed by atoms with E-state index in [9.17, 15) is 0 Å². The summed E-state index contributed by atoms with van der Waals surface area (Å²) in [6, 6.07) is 1.09. The van der Waals surface area contributed by atoms with Crippen LogP contribution in [0.1, 0.15) is 32.1 Å². The Morgan fingerprint density at radius 2 is 1.89 bits per heavy atom. The summed E-state index contributed by atoms with van der Waals surface area (Å²) in [5.41, 5.74) is 6.58. The van der Waals surface area contributed by atoms with Crippen LogP contribution in [-0.2, 0) is 0 Å². The van der Waals surface area contributed by atoms with Gasteiger partial charge >= 0.3 is 0 Å². The summed E-state index contributed by atoms with van der Waals surface area (Å²) in [6.45, 7) is 6.31. The highest BCUT2D eigenvalue weighted by Gasteiger charge is 2.42. The quantitative estimate of drug-likeness (QED) is 0.814. The first kappa shape index (κ1) is 11.7. The summed E-state index contributed by atoms with van der Waals surface area (Å²) >= 11 is 0. The van der Waals surface area contributed by atoms with Gasteiger partial charge in [-0.1, -0.05) is 6.42 Å². The van der Waals surface area contributed by atoms with Crippen molar-refractivity contribution in [3.8, 4) is 0 Å². The fourth-order valence-electron chi connectivity index (χ4n) is 5.24. The molecule has 18 heavy (non-hydrogen) atoms. The highest BCUT2D eigenvalue weighted by Crippen LogP contribution is 2.50. The first-order chi connectivity index (χ1) is 8.79. The minimum Gasteiger partial charge on any atom is -0.326 e. The number of hydrogen-bond donors (Lipinski definition) is 1. The van der Waals surface area contributed by atoms with Crippen molar-refractivity contribution in [3.63, 3.8) is 0 Å². The second kappa shape index (κ2) is 4.46. The van der Waals surface area contributed by atoms with Crippen molar-refractivity contribution < 1.29 is 0 Å². The first-order valence-electron chi connectivity index (χ1n) is 8.01. The van der Waals surface area contributed by atoms with Crippen molar-refractivity contribution in [2.45, 2.75) is 44.2 Å². The van der Waals surface area contributed by atoms with E-state index >= 15 is 0 Å². The smallest absolute Gasteiger partial charge is 0.0375 e. The lowest BCUT2D eigenvalue weighted by Crippen LogP contribution is -2.65. The van der Waals surface area contributed by atoms with Crippen LogP contribution in [0, 0.1) is 17.8 Å². The summed E-state index contributed by atoms with van der Waals surface area (Å²) in [6.07, 6.45) is 7.34. The Bertz CT molecular complexity index is 311. The van der Waals surface area contributed by atoms with Gasteiger partial charge in [0.2, 0.25) is 0 Å². The van der Waals surface area contributed by atoms with Gasteiger partial charge in [0.05, 0.1) is 0 Å².